The summed E-state index contributed by atoms with van der Waals surface area (Å²) in [6.45, 7) is -2.94. The Balaban J connectivity index is 1.71. The van der Waals surface area contributed by atoms with E-state index in [2.05, 4.69) is 30.7 Å². The zero-order chi connectivity index (χ0) is 25.8. The lowest BCUT2D eigenvalue weighted by Crippen LogP contribution is -2.39. The number of alkyl halides is 2. The maximum absolute atomic E-state index is 13.1. The van der Waals surface area contributed by atoms with Crippen molar-refractivity contribution in [3.8, 4) is 17.0 Å². The minimum atomic E-state index is -3.11. The standard InChI is InChI=1S/C22H24ClF2N7O4/c1-26-20-15(8-27-29-20)21(35)28-16-9-31(10-18(34)32-6-2-3-13(32)11-33)30-19(16)14-7-12(23)4-5-17(14)36-22(24)25/h4-5,7-9,13,22,33H,2-3,6,10-11H2,1H3,(H,28,35)(H2,26,27,29)/t13-/m0/s1. The van der Waals surface area contributed by atoms with Crippen molar-refractivity contribution in [1.82, 2.24) is 24.9 Å². The smallest absolute Gasteiger partial charge is 0.387 e. The molecule has 1 aliphatic rings. The number of hydrogen-bond donors (Lipinski definition) is 4. The van der Waals surface area contributed by atoms with E-state index in [0.717, 1.165) is 6.42 Å². The molecule has 14 heteroatoms. The number of carbonyl (C=O) groups excluding carboxylic acids is 2. The fraction of sp³-hybridized carbons (Fsp3) is 0.364. The molecule has 2 aromatic heterocycles. The van der Waals surface area contributed by atoms with Gasteiger partial charge >= 0.3 is 6.61 Å². The number of anilines is 2. The molecule has 36 heavy (non-hydrogen) atoms. The molecule has 11 nitrogen and oxygen atoms in total. The van der Waals surface area contributed by atoms with Gasteiger partial charge in [-0.1, -0.05) is 11.6 Å². The highest BCUT2D eigenvalue weighted by Crippen LogP contribution is 2.37. The largest absolute Gasteiger partial charge is 0.434 e. The second kappa shape index (κ2) is 10.9. The molecule has 1 aliphatic heterocycles. The molecule has 1 atom stereocenters. The Labute approximate surface area is 209 Å². The average Bonchev–Trinajstić information content (AvgIpc) is 3.59. The van der Waals surface area contributed by atoms with E-state index in [1.165, 1.54) is 35.3 Å². The summed E-state index contributed by atoms with van der Waals surface area (Å²) < 4.78 is 32.1. The van der Waals surface area contributed by atoms with Gasteiger partial charge in [-0.05, 0) is 31.0 Å². The van der Waals surface area contributed by atoms with E-state index in [1.54, 1.807) is 11.9 Å². The Morgan fingerprint density at radius 1 is 1.39 bits per heavy atom. The highest BCUT2D eigenvalue weighted by molar-refractivity contribution is 6.31. The molecule has 2 amide bonds. The summed E-state index contributed by atoms with van der Waals surface area (Å²) in [4.78, 5) is 27.4. The molecule has 3 heterocycles. The molecule has 0 saturated carbocycles. The van der Waals surface area contributed by atoms with Gasteiger partial charge in [0, 0.05) is 30.4 Å². The summed E-state index contributed by atoms with van der Waals surface area (Å²) in [5.41, 5.74) is 0.506. The van der Waals surface area contributed by atoms with Gasteiger partial charge in [0.1, 0.15) is 29.4 Å². The zero-order valence-corrected chi connectivity index (χ0v) is 19.9. The number of likely N-dealkylation sites (tertiary alicyclic amines) is 1. The number of halogens is 3. The molecule has 4 N–H and O–H groups in total. The first-order chi connectivity index (χ1) is 17.3. The number of nitrogens with zero attached hydrogens (tertiary/aromatic N) is 4. The Bertz CT molecular complexity index is 1250. The number of hydrogen-bond acceptors (Lipinski definition) is 7. The van der Waals surface area contributed by atoms with Crippen LogP contribution in [0.2, 0.25) is 5.02 Å². The number of benzene rings is 1. The molecule has 0 radical (unpaired) electrons. The van der Waals surface area contributed by atoms with Crippen LogP contribution in [0.3, 0.4) is 0 Å². The maximum atomic E-state index is 13.1. The Morgan fingerprint density at radius 2 is 2.19 bits per heavy atom. The third-order valence-corrected chi connectivity index (χ3v) is 6.00. The Hall–Kier alpha value is -3.71. The fourth-order valence-electron chi connectivity index (χ4n) is 4.10. The number of carbonyl (C=O) groups is 2. The Kier molecular flexibility index (Phi) is 7.70. The predicted octanol–water partition coefficient (Wildman–Crippen LogP) is 2.81. The van der Waals surface area contributed by atoms with Crippen molar-refractivity contribution >= 4 is 34.9 Å². The highest BCUT2D eigenvalue weighted by atomic mass is 35.5. The average molecular weight is 524 g/mol. The first-order valence-electron chi connectivity index (χ1n) is 11.1. The van der Waals surface area contributed by atoms with Crippen molar-refractivity contribution in [2.75, 3.05) is 30.8 Å². The quantitative estimate of drug-likeness (QED) is 0.338. The van der Waals surface area contributed by atoms with Crippen LogP contribution in [0.5, 0.6) is 5.75 Å². The molecule has 3 aromatic rings. The van der Waals surface area contributed by atoms with E-state index in [4.69, 9.17) is 11.6 Å². The Morgan fingerprint density at radius 3 is 2.92 bits per heavy atom. The molecule has 0 spiro atoms. The summed E-state index contributed by atoms with van der Waals surface area (Å²) >= 11 is 6.12. The lowest BCUT2D eigenvalue weighted by molar-refractivity contribution is -0.133. The van der Waals surface area contributed by atoms with E-state index in [1.807, 2.05) is 0 Å². The van der Waals surface area contributed by atoms with Crippen LogP contribution in [-0.2, 0) is 11.3 Å². The van der Waals surface area contributed by atoms with Gasteiger partial charge in [-0.3, -0.25) is 19.4 Å². The number of aromatic nitrogens is 4. The molecule has 0 bridgehead atoms. The molecule has 0 aliphatic carbocycles. The molecule has 192 valence electrons. The van der Waals surface area contributed by atoms with Gasteiger partial charge in [0.2, 0.25) is 5.91 Å². The zero-order valence-electron chi connectivity index (χ0n) is 19.2. The lowest BCUT2D eigenvalue weighted by Gasteiger charge is -2.22. The SMILES string of the molecule is CNc1[nH]ncc1C(=O)Nc1cn(CC(=O)N2CCC[C@H]2CO)nc1-c1cc(Cl)ccc1OC(F)F. The van der Waals surface area contributed by atoms with Crippen molar-refractivity contribution in [2.45, 2.75) is 32.0 Å². The lowest BCUT2D eigenvalue weighted by atomic mass is 10.1. The van der Waals surface area contributed by atoms with Gasteiger partial charge in [-0.15, -0.1) is 0 Å². The van der Waals surface area contributed by atoms with Gasteiger partial charge in [0.05, 0.1) is 24.5 Å². The topological polar surface area (TPSA) is 137 Å². The first-order valence-corrected chi connectivity index (χ1v) is 11.4. The number of rotatable bonds is 9. The summed E-state index contributed by atoms with van der Waals surface area (Å²) in [6, 6.07) is 3.76. The van der Waals surface area contributed by atoms with E-state index in [-0.39, 0.29) is 58.4 Å². The predicted molar refractivity (Wildman–Crippen MR) is 127 cm³/mol. The van der Waals surface area contributed by atoms with E-state index in [0.29, 0.717) is 18.8 Å². The summed E-state index contributed by atoms with van der Waals surface area (Å²) in [5, 5.41) is 26.2. The van der Waals surface area contributed by atoms with Crippen LogP contribution in [0.1, 0.15) is 23.2 Å². The van der Waals surface area contributed by atoms with Crippen LogP contribution in [0.4, 0.5) is 20.3 Å². The number of ether oxygens (including phenoxy) is 1. The number of aliphatic hydroxyl groups excluding tert-OH is 1. The number of H-pyrrole nitrogens is 1. The van der Waals surface area contributed by atoms with Crippen molar-refractivity contribution in [3.05, 3.63) is 41.2 Å². The number of amides is 2. The van der Waals surface area contributed by atoms with Crippen molar-refractivity contribution in [3.63, 3.8) is 0 Å². The van der Waals surface area contributed by atoms with E-state index >= 15 is 0 Å². The minimum absolute atomic E-state index is 0.0731. The fourth-order valence-corrected chi connectivity index (χ4v) is 4.27. The van der Waals surface area contributed by atoms with Crippen LogP contribution in [0, 0.1) is 0 Å². The molecule has 4 rings (SSSR count). The van der Waals surface area contributed by atoms with E-state index < -0.39 is 12.5 Å². The van der Waals surface area contributed by atoms with E-state index in [9.17, 15) is 23.5 Å². The van der Waals surface area contributed by atoms with Crippen LogP contribution in [-0.4, -0.2) is 74.7 Å². The molecule has 1 fully saturated rings. The third-order valence-electron chi connectivity index (χ3n) is 5.76. The van der Waals surface area contributed by atoms with Gasteiger partial charge in [0.15, 0.2) is 0 Å². The van der Waals surface area contributed by atoms with Crippen LogP contribution in [0.25, 0.3) is 11.3 Å². The number of aliphatic hydroxyl groups is 1. The monoisotopic (exact) mass is 523 g/mol. The maximum Gasteiger partial charge on any atom is 0.387 e. The first kappa shape index (κ1) is 25.4. The van der Waals surface area contributed by atoms with Gasteiger partial charge in [0.25, 0.3) is 5.91 Å². The summed E-state index contributed by atoms with van der Waals surface area (Å²) in [7, 11) is 1.61. The van der Waals surface area contributed by atoms with Crippen LogP contribution >= 0.6 is 11.6 Å². The second-order valence-electron chi connectivity index (χ2n) is 8.04. The number of aromatic amines is 1. The van der Waals surface area contributed by atoms with Crippen LogP contribution in [0.15, 0.2) is 30.6 Å². The van der Waals surface area contributed by atoms with Crippen molar-refractivity contribution in [1.29, 1.82) is 0 Å². The summed E-state index contributed by atoms with van der Waals surface area (Å²) in [5.74, 6) is -0.676. The second-order valence-corrected chi connectivity index (χ2v) is 8.47. The van der Waals surface area contributed by atoms with Gasteiger partial charge in [-0.2, -0.15) is 19.0 Å². The normalized spacial score (nSPS) is 15.4. The minimum Gasteiger partial charge on any atom is -0.434 e. The van der Waals surface area contributed by atoms with Crippen molar-refractivity contribution < 1.29 is 28.2 Å². The molecular formula is C22H24ClF2N7O4. The van der Waals surface area contributed by atoms with Gasteiger partial charge in [-0.25, -0.2) is 0 Å². The molecule has 1 aromatic carbocycles. The highest BCUT2D eigenvalue weighted by Gasteiger charge is 2.29. The van der Waals surface area contributed by atoms with Gasteiger partial charge < -0.3 is 25.4 Å². The molecule has 1 saturated heterocycles. The molecule has 0 unspecified atom stereocenters. The number of nitrogens with one attached hydrogen (secondary N) is 3. The molecular weight excluding hydrogens is 500 g/mol. The van der Waals surface area contributed by atoms with Crippen LogP contribution < -0.4 is 15.4 Å². The van der Waals surface area contributed by atoms with Crippen molar-refractivity contribution in [2.24, 2.45) is 0 Å². The third kappa shape index (κ3) is 5.41. The summed E-state index contributed by atoms with van der Waals surface area (Å²) in [6.07, 6.45) is 4.21.